The summed E-state index contributed by atoms with van der Waals surface area (Å²) < 4.78 is 26.4. The molecule has 2 unspecified atom stereocenters. The monoisotopic (exact) mass is 483 g/mol. The zero-order valence-corrected chi connectivity index (χ0v) is 21.5. The zero-order chi connectivity index (χ0) is 24.9. The largest absolute Gasteiger partial charge is 0.475 e. The number of aliphatic hydroxyl groups excluding tert-OH is 1. The van der Waals surface area contributed by atoms with Crippen LogP contribution in [-0.4, -0.2) is 35.5 Å². The molecular formula is C30H42FNO3. The molecule has 0 spiro atoms. The summed E-state index contributed by atoms with van der Waals surface area (Å²) in [5, 5.41) is 12.2. The number of nitrogens with zero attached hydrogens (tertiary/aromatic N) is 1. The second kappa shape index (κ2) is 15.0. The van der Waals surface area contributed by atoms with Crippen LogP contribution in [0.3, 0.4) is 0 Å². The van der Waals surface area contributed by atoms with Gasteiger partial charge in [-0.15, -0.1) is 0 Å². The maximum absolute atomic E-state index is 14.1. The topological polar surface area (TPSA) is 51.6 Å². The van der Waals surface area contributed by atoms with Gasteiger partial charge in [0, 0.05) is 23.4 Å². The van der Waals surface area contributed by atoms with Crippen LogP contribution in [0.5, 0.6) is 5.88 Å². The molecule has 5 heteroatoms. The first-order valence-electron chi connectivity index (χ1n) is 13.5. The Morgan fingerprint density at radius 2 is 1.60 bits per heavy atom. The molecule has 3 rings (SSSR count). The van der Waals surface area contributed by atoms with E-state index in [9.17, 15) is 9.50 Å². The molecule has 2 aromatic carbocycles. The smallest absolute Gasteiger partial charge is 0.213 e. The van der Waals surface area contributed by atoms with Crippen molar-refractivity contribution in [1.29, 1.82) is 0 Å². The van der Waals surface area contributed by atoms with Gasteiger partial charge in [0.2, 0.25) is 5.88 Å². The number of fused-ring (bicyclic) bond motifs is 3. The van der Waals surface area contributed by atoms with Crippen molar-refractivity contribution in [3.8, 4) is 5.88 Å². The Morgan fingerprint density at radius 1 is 0.829 bits per heavy atom. The highest BCUT2D eigenvalue weighted by atomic mass is 19.1. The van der Waals surface area contributed by atoms with Crippen LogP contribution in [0.15, 0.2) is 42.5 Å². The number of aromatic nitrogens is 1. The van der Waals surface area contributed by atoms with Gasteiger partial charge in [-0.3, -0.25) is 0 Å². The van der Waals surface area contributed by atoms with Crippen molar-refractivity contribution in [2.75, 3.05) is 13.2 Å². The van der Waals surface area contributed by atoms with Crippen molar-refractivity contribution < 1.29 is 19.0 Å². The number of hydrogen-bond acceptors (Lipinski definition) is 4. The molecule has 2 atom stereocenters. The van der Waals surface area contributed by atoms with Crippen LogP contribution < -0.4 is 4.74 Å². The maximum atomic E-state index is 14.1. The Morgan fingerprint density at radius 3 is 2.43 bits per heavy atom. The van der Waals surface area contributed by atoms with Crippen molar-refractivity contribution in [2.24, 2.45) is 0 Å². The molecular weight excluding hydrogens is 441 g/mol. The summed E-state index contributed by atoms with van der Waals surface area (Å²) in [5.41, 5.74) is 0.790. The summed E-state index contributed by atoms with van der Waals surface area (Å²) in [6.45, 7) is 5.45. The van der Waals surface area contributed by atoms with Crippen molar-refractivity contribution in [3.63, 3.8) is 0 Å². The SMILES string of the molecule is CCCCCCCCOC(CCCCC(O)CC)COc1ccc2c(ccc3c(F)cccc32)n1. The first-order valence-corrected chi connectivity index (χ1v) is 13.5. The first kappa shape index (κ1) is 27.3. The van der Waals surface area contributed by atoms with Crippen molar-refractivity contribution in [2.45, 2.75) is 96.7 Å². The first-order chi connectivity index (χ1) is 17.1. The maximum Gasteiger partial charge on any atom is 0.213 e. The third-order valence-corrected chi connectivity index (χ3v) is 6.70. The fraction of sp³-hybridized carbons (Fsp3) is 0.567. The number of halogens is 1. The highest BCUT2D eigenvalue weighted by Gasteiger charge is 2.13. The Kier molecular flexibility index (Phi) is 11.7. The van der Waals surface area contributed by atoms with Gasteiger partial charge in [-0.2, -0.15) is 0 Å². The Hall–Kier alpha value is -2.24. The molecule has 0 radical (unpaired) electrons. The molecule has 1 N–H and O–H groups in total. The molecule has 3 aromatic rings. The van der Waals surface area contributed by atoms with Crippen LogP contribution in [0.4, 0.5) is 4.39 Å². The summed E-state index contributed by atoms with van der Waals surface area (Å²) in [5.74, 6) is 0.337. The van der Waals surface area contributed by atoms with Gasteiger partial charge in [0.15, 0.2) is 0 Å². The van der Waals surface area contributed by atoms with Crippen LogP contribution >= 0.6 is 0 Å². The predicted octanol–water partition coefficient (Wildman–Crippen LogP) is 7.98. The lowest BCUT2D eigenvalue weighted by Gasteiger charge is -2.19. The molecule has 0 bridgehead atoms. The average Bonchev–Trinajstić information content (AvgIpc) is 2.88. The number of rotatable bonds is 17. The standard InChI is InChI=1S/C30H42FNO3/c1-3-5-6-7-8-11-21-34-24(14-10-9-13-23(33)4-2)22-35-30-20-18-27-25-15-12-16-28(31)26(25)17-19-29(27)32-30/h12,15-20,23-24,33H,3-11,13-14,21-22H2,1-2H3. The number of unbranched alkanes of at least 4 members (excludes halogenated alkanes) is 6. The molecule has 192 valence electrons. The third kappa shape index (κ3) is 8.73. The highest BCUT2D eigenvalue weighted by Crippen LogP contribution is 2.27. The second-order valence-electron chi connectivity index (χ2n) is 9.53. The van der Waals surface area contributed by atoms with Gasteiger partial charge in [0.25, 0.3) is 0 Å². The van der Waals surface area contributed by atoms with Crippen molar-refractivity contribution in [1.82, 2.24) is 4.98 Å². The van der Waals surface area contributed by atoms with Crippen LogP contribution in [0.2, 0.25) is 0 Å². The molecule has 0 aliphatic rings. The van der Waals surface area contributed by atoms with Crippen LogP contribution in [0, 0.1) is 5.82 Å². The predicted molar refractivity (Wildman–Crippen MR) is 143 cm³/mol. The van der Waals surface area contributed by atoms with E-state index in [1.54, 1.807) is 12.1 Å². The summed E-state index contributed by atoms with van der Waals surface area (Å²) in [6.07, 6.45) is 11.8. The van der Waals surface area contributed by atoms with Crippen molar-refractivity contribution >= 4 is 21.7 Å². The Bertz CT molecular complexity index is 1030. The molecule has 4 nitrogen and oxygen atoms in total. The van der Waals surface area contributed by atoms with Crippen molar-refractivity contribution in [3.05, 3.63) is 48.3 Å². The quantitative estimate of drug-likeness (QED) is 0.156. The van der Waals surface area contributed by atoms with Crippen LogP contribution in [0.1, 0.15) is 84.5 Å². The molecule has 0 aliphatic carbocycles. The number of pyridine rings is 1. The molecule has 0 amide bonds. The summed E-state index contributed by atoms with van der Waals surface area (Å²) in [7, 11) is 0. The van der Waals surface area contributed by atoms with Gasteiger partial charge in [0.1, 0.15) is 12.4 Å². The van der Waals surface area contributed by atoms with Gasteiger partial charge in [-0.25, -0.2) is 9.37 Å². The number of benzene rings is 2. The minimum absolute atomic E-state index is 0.00704. The van der Waals surface area contributed by atoms with E-state index < -0.39 is 0 Å². The van der Waals surface area contributed by atoms with E-state index in [-0.39, 0.29) is 18.0 Å². The van der Waals surface area contributed by atoms with Gasteiger partial charge < -0.3 is 14.6 Å². The Balaban J connectivity index is 1.56. The van der Waals surface area contributed by atoms with E-state index in [2.05, 4.69) is 11.9 Å². The van der Waals surface area contributed by atoms with Gasteiger partial charge in [0.05, 0.1) is 17.7 Å². The minimum Gasteiger partial charge on any atom is -0.475 e. The minimum atomic E-state index is -0.221. The third-order valence-electron chi connectivity index (χ3n) is 6.70. The van der Waals surface area contributed by atoms with Gasteiger partial charge in [-0.05, 0) is 55.3 Å². The summed E-state index contributed by atoms with van der Waals surface area (Å²) >= 11 is 0. The van der Waals surface area contributed by atoms with Gasteiger partial charge >= 0.3 is 0 Å². The van der Waals surface area contributed by atoms with Crippen LogP contribution in [-0.2, 0) is 4.74 Å². The van der Waals surface area contributed by atoms with E-state index in [0.29, 0.717) is 17.9 Å². The number of aliphatic hydroxyl groups is 1. The zero-order valence-electron chi connectivity index (χ0n) is 21.5. The van der Waals surface area contributed by atoms with Crippen LogP contribution in [0.25, 0.3) is 21.7 Å². The molecule has 1 heterocycles. The fourth-order valence-corrected chi connectivity index (χ4v) is 4.48. The summed E-state index contributed by atoms with van der Waals surface area (Å²) in [6, 6.07) is 12.6. The van der Waals surface area contributed by atoms with E-state index in [1.165, 1.54) is 38.2 Å². The summed E-state index contributed by atoms with van der Waals surface area (Å²) in [4.78, 5) is 4.66. The van der Waals surface area contributed by atoms with E-state index in [1.807, 2.05) is 31.2 Å². The van der Waals surface area contributed by atoms with E-state index in [4.69, 9.17) is 9.47 Å². The molecule has 0 saturated carbocycles. The molecule has 0 aliphatic heterocycles. The molecule has 0 saturated heterocycles. The van der Waals surface area contributed by atoms with E-state index in [0.717, 1.165) is 61.4 Å². The van der Waals surface area contributed by atoms with E-state index >= 15 is 0 Å². The number of ether oxygens (including phenoxy) is 2. The lowest BCUT2D eigenvalue weighted by atomic mass is 10.0. The average molecular weight is 484 g/mol. The Labute approximate surface area is 209 Å². The second-order valence-corrected chi connectivity index (χ2v) is 9.53. The normalized spacial score (nSPS) is 13.4. The highest BCUT2D eigenvalue weighted by molar-refractivity contribution is 6.06. The number of hydrogen-bond donors (Lipinski definition) is 1. The molecule has 35 heavy (non-hydrogen) atoms. The molecule has 1 aromatic heterocycles. The van der Waals surface area contributed by atoms with Gasteiger partial charge in [-0.1, -0.05) is 70.9 Å². The lowest BCUT2D eigenvalue weighted by molar-refractivity contribution is 0.0103. The lowest BCUT2D eigenvalue weighted by Crippen LogP contribution is -2.23. The fourth-order valence-electron chi connectivity index (χ4n) is 4.48. The molecule has 0 fully saturated rings.